The third-order valence-corrected chi connectivity index (χ3v) is 3.26. The van der Waals surface area contributed by atoms with Crippen LogP contribution in [0.1, 0.15) is 21.5 Å². The van der Waals surface area contributed by atoms with Gasteiger partial charge in [0.05, 0.1) is 5.69 Å². The molecule has 20 heavy (non-hydrogen) atoms. The maximum Gasteiger partial charge on any atom is 0.248 e. The number of halogens is 2. The Morgan fingerprint density at radius 3 is 2.70 bits per heavy atom. The van der Waals surface area contributed by atoms with E-state index < -0.39 is 11.7 Å². The van der Waals surface area contributed by atoms with Crippen LogP contribution in [0.2, 0.25) is 5.02 Å². The van der Waals surface area contributed by atoms with Crippen molar-refractivity contribution in [2.24, 2.45) is 5.73 Å². The van der Waals surface area contributed by atoms with E-state index in [-0.39, 0.29) is 11.3 Å². The number of primary amides is 1. The van der Waals surface area contributed by atoms with Crippen molar-refractivity contribution in [3.8, 4) is 0 Å². The first-order valence-corrected chi connectivity index (χ1v) is 6.43. The molecule has 2 aromatic carbocycles. The molecule has 2 rings (SSSR count). The van der Waals surface area contributed by atoms with Crippen LogP contribution < -0.4 is 11.1 Å². The molecule has 0 unspecified atom stereocenters. The molecule has 0 spiro atoms. The zero-order valence-electron chi connectivity index (χ0n) is 10.9. The Kier molecular flexibility index (Phi) is 4.25. The third kappa shape index (κ3) is 3.27. The van der Waals surface area contributed by atoms with E-state index >= 15 is 0 Å². The zero-order valence-corrected chi connectivity index (χ0v) is 11.7. The molecule has 2 aromatic rings. The molecular formula is C15H14ClFN2O. The highest BCUT2D eigenvalue weighted by Crippen LogP contribution is 2.19. The molecule has 0 fully saturated rings. The zero-order chi connectivity index (χ0) is 14.7. The summed E-state index contributed by atoms with van der Waals surface area (Å²) in [5, 5.41) is 3.62. The van der Waals surface area contributed by atoms with E-state index in [2.05, 4.69) is 5.32 Å². The van der Waals surface area contributed by atoms with Gasteiger partial charge < -0.3 is 11.1 Å². The highest BCUT2D eigenvalue weighted by atomic mass is 35.5. The van der Waals surface area contributed by atoms with Crippen LogP contribution in [0.4, 0.5) is 10.1 Å². The van der Waals surface area contributed by atoms with Gasteiger partial charge in [-0.3, -0.25) is 4.79 Å². The summed E-state index contributed by atoms with van der Waals surface area (Å²) < 4.78 is 13.7. The predicted molar refractivity (Wildman–Crippen MR) is 78.4 cm³/mol. The number of amides is 1. The van der Waals surface area contributed by atoms with Crippen molar-refractivity contribution in [2.45, 2.75) is 13.5 Å². The SMILES string of the molecule is Cc1cc(Cl)ccc1CNc1cc(C(N)=O)ccc1F. The number of aryl methyl sites for hydroxylation is 1. The summed E-state index contributed by atoms with van der Waals surface area (Å²) in [6, 6.07) is 9.48. The van der Waals surface area contributed by atoms with Crippen molar-refractivity contribution in [1.82, 2.24) is 0 Å². The monoisotopic (exact) mass is 292 g/mol. The van der Waals surface area contributed by atoms with Crippen LogP contribution in [-0.2, 0) is 6.54 Å². The summed E-state index contributed by atoms with van der Waals surface area (Å²) in [7, 11) is 0. The summed E-state index contributed by atoms with van der Waals surface area (Å²) in [5.41, 5.74) is 7.70. The minimum atomic E-state index is -0.587. The maximum absolute atomic E-state index is 13.7. The summed E-state index contributed by atoms with van der Waals surface area (Å²) >= 11 is 5.88. The summed E-state index contributed by atoms with van der Waals surface area (Å²) in [6.45, 7) is 2.36. The van der Waals surface area contributed by atoms with Gasteiger partial charge in [0.25, 0.3) is 0 Å². The molecule has 0 atom stereocenters. The van der Waals surface area contributed by atoms with E-state index in [9.17, 15) is 9.18 Å². The molecule has 0 saturated heterocycles. The van der Waals surface area contributed by atoms with Crippen molar-refractivity contribution < 1.29 is 9.18 Å². The molecule has 3 N–H and O–H groups in total. The molecule has 0 bridgehead atoms. The van der Waals surface area contributed by atoms with Crippen LogP contribution in [0.3, 0.4) is 0 Å². The summed E-state index contributed by atoms with van der Waals surface area (Å²) in [6.07, 6.45) is 0. The van der Waals surface area contributed by atoms with Crippen LogP contribution in [0.5, 0.6) is 0 Å². The largest absolute Gasteiger partial charge is 0.379 e. The standard InChI is InChI=1S/C15H14ClFN2O/c1-9-6-12(16)4-2-11(9)8-19-14-7-10(15(18)20)3-5-13(14)17/h2-7,19H,8H2,1H3,(H2,18,20). The second-order valence-corrected chi connectivity index (χ2v) is 4.92. The fraction of sp³-hybridized carbons (Fsp3) is 0.133. The Morgan fingerprint density at radius 2 is 2.05 bits per heavy atom. The maximum atomic E-state index is 13.7. The highest BCUT2D eigenvalue weighted by molar-refractivity contribution is 6.30. The van der Waals surface area contributed by atoms with Gasteiger partial charge in [0, 0.05) is 17.1 Å². The number of nitrogens with two attached hydrogens (primary N) is 1. The Hall–Kier alpha value is -2.07. The van der Waals surface area contributed by atoms with E-state index in [1.54, 1.807) is 6.07 Å². The Morgan fingerprint density at radius 1 is 1.30 bits per heavy atom. The van der Waals surface area contributed by atoms with Gasteiger partial charge in [0.15, 0.2) is 0 Å². The first kappa shape index (κ1) is 14.3. The Bertz CT molecular complexity index is 658. The molecule has 1 amide bonds. The van der Waals surface area contributed by atoms with Crippen LogP contribution in [0.15, 0.2) is 36.4 Å². The van der Waals surface area contributed by atoms with E-state index in [0.29, 0.717) is 11.6 Å². The van der Waals surface area contributed by atoms with Gasteiger partial charge in [0.2, 0.25) is 5.91 Å². The number of hydrogen-bond acceptors (Lipinski definition) is 2. The predicted octanol–water partition coefficient (Wildman–Crippen LogP) is 3.50. The molecule has 0 aliphatic carbocycles. The number of benzene rings is 2. The first-order valence-electron chi connectivity index (χ1n) is 6.05. The second kappa shape index (κ2) is 5.92. The average molecular weight is 293 g/mol. The number of carbonyl (C=O) groups is 1. The molecule has 0 aromatic heterocycles. The molecule has 0 saturated carbocycles. The molecule has 0 radical (unpaired) electrons. The quantitative estimate of drug-likeness (QED) is 0.906. The second-order valence-electron chi connectivity index (χ2n) is 4.48. The molecule has 0 heterocycles. The van der Waals surface area contributed by atoms with Crippen molar-refractivity contribution in [3.63, 3.8) is 0 Å². The minimum absolute atomic E-state index is 0.246. The van der Waals surface area contributed by atoms with Crippen LogP contribution in [-0.4, -0.2) is 5.91 Å². The van der Waals surface area contributed by atoms with E-state index in [4.69, 9.17) is 17.3 Å². The minimum Gasteiger partial charge on any atom is -0.379 e. The fourth-order valence-corrected chi connectivity index (χ4v) is 2.09. The highest BCUT2D eigenvalue weighted by Gasteiger charge is 2.07. The number of nitrogens with one attached hydrogen (secondary N) is 1. The van der Waals surface area contributed by atoms with Crippen molar-refractivity contribution in [3.05, 3.63) is 63.9 Å². The van der Waals surface area contributed by atoms with E-state index in [0.717, 1.165) is 11.1 Å². The summed E-state index contributed by atoms with van der Waals surface area (Å²) in [5.74, 6) is -1.02. The number of carbonyl (C=O) groups excluding carboxylic acids is 1. The van der Waals surface area contributed by atoms with Crippen molar-refractivity contribution in [2.75, 3.05) is 5.32 Å². The molecule has 5 heteroatoms. The molecule has 0 aliphatic rings. The lowest BCUT2D eigenvalue weighted by molar-refractivity contribution is 0.100. The lowest BCUT2D eigenvalue weighted by Gasteiger charge is -2.11. The summed E-state index contributed by atoms with van der Waals surface area (Å²) in [4.78, 5) is 11.1. The van der Waals surface area contributed by atoms with Gasteiger partial charge >= 0.3 is 0 Å². The van der Waals surface area contributed by atoms with Gasteiger partial charge in [-0.15, -0.1) is 0 Å². The van der Waals surface area contributed by atoms with Gasteiger partial charge in [0.1, 0.15) is 5.82 Å². The van der Waals surface area contributed by atoms with Crippen molar-refractivity contribution in [1.29, 1.82) is 0 Å². The van der Waals surface area contributed by atoms with Gasteiger partial charge in [-0.2, -0.15) is 0 Å². The first-order chi connectivity index (χ1) is 9.47. The lowest BCUT2D eigenvalue weighted by Crippen LogP contribution is -2.12. The number of anilines is 1. The molecule has 104 valence electrons. The topological polar surface area (TPSA) is 55.1 Å². The average Bonchev–Trinajstić information content (AvgIpc) is 2.39. The Balaban J connectivity index is 2.18. The Labute approximate surface area is 121 Å². The van der Waals surface area contributed by atoms with E-state index in [1.807, 2.05) is 19.1 Å². The van der Waals surface area contributed by atoms with Crippen molar-refractivity contribution >= 4 is 23.2 Å². The van der Waals surface area contributed by atoms with E-state index in [1.165, 1.54) is 18.2 Å². The normalized spacial score (nSPS) is 10.3. The fourth-order valence-electron chi connectivity index (χ4n) is 1.86. The number of rotatable bonds is 4. The molecule has 3 nitrogen and oxygen atoms in total. The van der Waals surface area contributed by atoms with Gasteiger partial charge in [-0.1, -0.05) is 17.7 Å². The van der Waals surface area contributed by atoms with Crippen LogP contribution in [0.25, 0.3) is 0 Å². The number of hydrogen-bond donors (Lipinski definition) is 2. The van der Waals surface area contributed by atoms with Crippen LogP contribution in [0, 0.1) is 12.7 Å². The molecular weight excluding hydrogens is 279 g/mol. The van der Waals surface area contributed by atoms with Crippen LogP contribution >= 0.6 is 11.6 Å². The van der Waals surface area contributed by atoms with Gasteiger partial charge in [-0.25, -0.2) is 4.39 Å². The third-order valence-electron chi connectivity index (χ3n) is 3.02. The molecule has 0 aliphatic heterocycles. The smallest absolute Gasteiger partial charge is 0.248 e. The lowest BCUT2D eigenvalue weighted by atomic mass is 10.1. The van der Waals surface area contributed by atoms with Gasteiger partial charge in [-0.05, 0) is 48.4 Å².